The topological polar surface area (TPSA) is 469 Å². The van der Waals surface area contributed by atoms with E-state index in [9.17, 15) is 55.5 Å². The minimum Gasteiger partial charge on any atom is -0.508 e. The molecule has 11 aliphatic rings. The average molecular weight is 1790 g/mol. The van der Waals surface area contributed by atoms with E-state index in [2.05, 4.69) is 32.9 Å². The second-order valence-electron chi connectivity index (χ2n) is 35.5. The maximum atomic E-state index is 16.8. The fraction of sp³-hybridized carbons (Fsp3) is 0.522. The summed E-state index contributed by atoms with van der Waals surface area (Å²) in [5, 5.41) is 118. The zero-order chi connectivity index (χ0) is 89.3. The van der Waals surface area contributed by atoms with E-state index in [1.807, 2.05) is 13.8 Å². The number of ketones is 3. The number of nitrogens with one attached hydrogen (secondary N) is 5. The summed E-state index contributed by atoms with van der Waals surface area (Å²) in [7, 11) is 0. The van der Waals surface area contributed by atoms with Crippen molar-refractivity contribution in [3.63, 3.8) is 0 Å². The number of unbranched alkanes of at least 4 members (excludes halogenated alkanes) is 3. The van der Waals surface area contributed by atoms with E-state index in [1.54, 1.807) is 38.1 Å². The van der Waals surface area contributed by atoms with Crippen molar-refractivity contribution in [1.82, 2.24) is 26.0 Å². The lowest BCUT2D eigenvalue weighted by molar-refractivity contribution is -0.333. The summed E-state index contributed by atoms with van der Waals surface area (Å²) in [5.74, 6) is -14.4. The van der Waals surface area contributed by atoms with E-state index >= 15 is 28.8 Å². The molecule has 6 aromatic rings. The number of rotatable bonds is 23. The van der Waals surface area contributed by atoms with Gasteiger partial charge in [-0.15, -0.1) is 0 Å². The van der Waals surface area contributed by atoms with Crippen LogP contribution >= 0.6 is 35.1 Å². The quantitative estimate of drug-likeness (QED) is 0.0209. The van der Waals surface area contributed by atoms with Crippen LogP contribution in [0.25, 0.3) is 11.1 Å². The summed E-state index contributed by atoms with van der Waals surface area (Å²) < 4.78 is 48.1. The smallest absolute Gasteiger partial charge is 0.246 e. The van der Waals surface area contributed by atoms with Gasteiger partial charge in [-0.3, -0.25) is 43.1 Å². The van der Waals surface area contributed by atoms with Gasteiger partial charge in [0.2, 0.25) is 41.6 Å². The fourth-order valence-corrected chi connectivity index (χ4v) is 20.5. The van der Waals surface area contributed by atoms with Crippen molar-refractivity contribution < 1.29 is 117 Å². The molecule has 5 amide bonds. The van der Waals surface area contributed by atoms with Crippen LogP contribution in [0, 0.1) is 47.3 Å². The maximum absolute atomic E-state index is 16.8. The summed E-state index contributed by atoms with van der Waals surface area (Å²) in [6.45, 7) is 10.3. The Balaban J connectivity index is 0.950. The van der Waals surface area contributed by atoms with Crippen LogP contribution in [0.5, 0.6) is 51.7 Å². The monoisotopic (exact) mass is 1780 g/mol. The van der Waals surface area contributed by atoms with Gasteiger partial charge in [0.05, 0.1) is 47.3 Å². The van der Waals surface area contributed by atoms with Gasteiger partial charge < -0.3 is 106 Å². The van der Waals surface area contributed by atoms with Gasteiger partial charge >= 0.3 is 0 Å². The van der Waals surface area contributed by atoms with Gasteiger partial charge in [0.1, 0.15) is 89.2 Å². The van der Waals surface area contributed by atoms with Gasteiger partial charge in [0.25, 0.3) is 0 Å². The second-order valence-corrected chi connectivity index (χ2v) is 37.2. The predicted octanol–water partition coefficient (Wildman–Crippen LogP) is 10.8. The molecular weight excluding hydrogens is 1680 g/mol. The van der Waals surface area contributed by atoms with Crippen LogP contribution in [0.15, 0.2) is 108 Å². The van der Waals surface area contributed by atoms with Crippen molar-refractivity contribution in [3.8, 4) is 62.9 Å². The minimum atomic E-state index is -2.18. The lowest BCUT2D eigenvalue weighted by Gasteiger charge is -2.54. The number of Topliss-reactive ketones (excluding diaryl/α,β-unsaturated/α-hetero) is 3. The highest BCUT2D eigenvalue weighted by Gasteiger charge is 2.53. The Morgan fingerprint density at radius 2 is 1.34 bits per heavy atom. The average Bonchev–Trinajstić information content (AvgIpc) is 0.766. The summed E-state index contributed by atoms with van der Waals surface area (Å²) in [6.07, 6.45) is -10.9. The van der Waals surface area contributed by atoms with E-state index in [-0.39, 0.29) is 97.0 Å². The van der Waals surface area contributed by atoms with E-state index in [1.165, 1.54) is 55.5 Å². The number of ether oxygens (including phenoxy) is 7. The van der Waals surface area contributed by atoms with Gasteiger partial charge in [-0.25, -0.2) is 0 Å². The SMILES string of the molecule is CCCCCCOc1ccc(SNC(=O)C[C@@H]2CC(=O)[C@H](NC(=O)[C@@H](CC)CC(C)C)[C@H](O)c3ccc(c(Cl)c3)Oc3cc4cc(c3O[C@@H]3O[C@H](CO)[C@H](O)[C@H](O)[C@@H]3O[C@H]3C[C@](C)(N)[C@H](O)[C@H](C)O3)Oc3ccc(cc3Cl)[C@H](O)[C@H]3NC(=O)[C@@H](CC(=O)[C@@H]4NC2=O)c2ccc(O)c(c2)-c2c(O)cc(O)cc2[C@@H](C(=O)CC2C4CC5CC(C4)CC2C5)NC3=O)cc1. The molecule has 672 valence electrons. The molecule has 0 aromatic heterocycles. The molecule has 0 radical (unpaired) electrons. The van der Waals surface area contributed by atoms with Crippen LogP contribution in [-0.4, -0.2) is 173 Å². The summed E-state index contributed by atoms with van der Waals surface area (Å²) >= 11 is 15.5. The number of amides is 5. The number of phenols is 3. The molecule has 30 nitrogen and oxygen atoms in total. The highest BCUT2D eigenvalue weighted by molar-refractivity contribution is 7.98. The van der Waals surface area contributed by atoms with E-state index in [0.717, 1.165) is 100 Å². The number of aliphatic hydroxyl groups excluding tert-OH is 6. The Bertz CT molecular complexity index is 4990. The van der Waals surface area contributed by atoms with Crippen LogP contribution in [0.1, 0.15) is 202 Å². The molecule has 6 fully saturated rings. The number of hydrogen-bond acceptors (Lipinski definition) is 26. The Morgan fingerprint density at radius 1 is 0.688 bits per heavy atom. The number of aliphatic hydroxyl groups is 6. The first-order valence-corrected chi connectivity index (χ1v) is 44.6. The molecule has 0 spiro atoms. The Kier molecular flexibility index (Phi) is 28.8. The van der Waals surface area contributed by atoms with Crippen LogP contribution in [0.3, 0.4) is 0 Å². The first-order chi connectivity index (χ1) is 59.6. The number of aromatic hydroxyl groups is 3. The lowest BCUT2D eigenvalue weighted by Crippen LogP contribution is -2.64. The van der Waals surface area contributed by atoms with Crippen molar-refractivity contribution in [1.29, 1.82) is 0 Å². The van der Waals surface area contributed by atoms with Crippen LogP contribution < -0.4 is 50.7 Å². The summed E-state index contributed by atoms with van der Waals surface area (Å²) in [6, 6.07) is 14.5. The molecule has 33 heteroatoms. The molecule has 7 aliphatic heterocycles. The van der Waals surface area contributed by atoms with Crippen molar-refractivity contribution >= 4 is 82.0 Å². The highest BCUT2D eigenvalue weighted by Crippen LogP contribution is 2.59. The Hall–Kier alpha value is -9.19. The molecule has 18 atom stereocenters. The third-order valence-electron chi connectivity index (χ3n) is 25.9. The highest BCUT2D eigenvalue weighted by atomic mass is 35.5. The molecule has 16 N–H and O–H groups in total. The van der Waals surface area contributed by atoms with Gasteiger partial charge in [-0.2, -0.15) is 0 Å². The largest absolute Gasteiger partial charge is 0.508 e. The number of nitrogens with two attached hydrogens (primary N) is 1. The van der Waals surface area contributed by atoms with E-state index in [4.69, 9.17) is 62.1 Å². The first-order valence-electron chi connectivity index (χ1n) is 43.1. The van der Waals surface area contributed by atoms with Crippen molar-refractivity contribution in [2.75, 3.05) is 13.2 Å². The molecule has 2 saturated heterocycles. The van der Waals surface area contributed by atoms with Crippen LogP contribution in [0.4, 0.5) is 0 Å². The van der Waals surface area contributed by atoms with Gasteiger partial charge in [-0.1, -0.05) is 88.4 Å². The number of hydrogen-bond donors (Lipinski definition) is 15. The molecule has 17 rings (SSSR count). The molecule has 7 heterocycles. The third-order valence-corrected chi connectivity index (χ3v) is 27.3. The van der Waals surface area contributed by atoms with Gasteiger partial charge in [0.15, 0.2) is 41.2 Å². The van der Waals surface area contributed by atoms with Gasteiger partial charge in [0, 0.05) is 65.6 Å². The van der Waals surface area contributed by atoms with Crippen molar-refractivity contribution in [2.24, 2.45) is 53.1 Å². The molecule has 6 aromatic carbocycles. The zero-order valence-corrected chi connectivity index (χ0v) is 72.5. The number of phenolic OH excluding ortho intramolecular Hbond substituents is 3. The molecule has 125 heavy (non-hydrogen) atoms. The number of fused-ring (bicyclic) bond motifs is 15. The number of carbonyl (C=O) groups is 8. The Morgan fingerprint density at radius 3 is 1.97 bits per heavy atom. The molecule has 15 bridgehead atoms. The third kappa shape index (κ3) is 20.5. The Labute approximate surface area is 737 Å². The first kappa shape index (κ1) is 92.0. The predicted molar refractivity (Wildman–Crippen MR) is 456 cm³/mol. The number of benzene rings is 6. The molecule has 0 unspecified atom stereocenters. The molecular formula is C92H110Cl2N6O24S. The number of carbonyl (C=O) groups excluding carboxylic acids is 8. The molecule has 4 aliphatic carbocycles. The fourth-order valence-electron chi connectivity index (χ4n) is 19.5. The number of halogens is 2. The lowest BCUT2D eigenvalue weighted by atomic mass is 9.51. The zero-order valence-electron chi connectivity index (χ0n) is 70.2. The normalized spacial score (nSPS) is 30.5. The summed E-state index contributed by atoms with van der Waals surface area (Å²) in [4.78, 5) is 126. The second kappa shape index (κ2) is 39.2. The maximum Gasteiger partial charge on any atom is 0.246 e. The van der Waals surface area contributed by atoms with Gasteiger partial charge in [-0.05, 0) is 219 Å². The van der Waals surface area contributed by atoms with Crippen LogP contribution in [-0.2, 0) is 52.6 Å². The summed E-state index contributed by atoms with van der Waals surface area (Å²) in [5.41, 5.74) is 3.79. The standard InChI is InChI=1S/C92H110Cl2N6O24S/c1-7-9-10-11-22-118-55-15-17-56(18-16-55)125-100-73(108)35-53-32-65(105)78(98-87(114)46(8-2)23-42(3)4)80(109)48-13-20-68(61(93)30-48)120-70-33-52-34-71(84(70)124-91-85(83(112)82(111)72(41-101)122-91)123-74-40-92(6,95)86(113)43(5)119-74)121-69-21-14-49(31-62(69)94)81(110)79-90(117)97-77(67(107)38-57-50-25-44-24-45(27-50)28-51(57)26-44)60-36-54(102)37-64(104)75(60)59-29-47(12-19-63(59)103)58(89(116)99-79)39-66(106)76(52)96-88(53)115/h12-21,29-31,33-34,36-37,42-46,50-51,53,57-58,72,74,76-83,85-86,91,101-104,109-113H,7-11,22-28,32,35,38-41,95H2,1-6H3,(H,96,115)(H,97,117)(H,98,114)(H,99,116)(H,100,108)/t43-,44?,45?,46-,50?,51?,53-,57?,58-,72+,74-,76+,77-,78-,79+,80+,81-,82-,83-,85-,86+,91-,92-/m0/s1. The van der Waals surface area contributed by atoms with Crippen molar-refractivity contribution in [3.05, 3.63) is 141 Å². The van der Waals surface area contributed by atoms with Crippen LogP contribution in [0.2, 0.25) is 10.0 Å². The van der Waals surface area contributed by atoms with Crippen molar-refractivity contribution in [2.45, 2.75) is 246 Å². The minimum absolute atomic E-state index is 0.0233. The molecule has 4 saturated carbocycles. The van der Waals surface area contributed by atoms with E-state index < -0.39 is 216 Å². The van der Waals surface area contributed by atoms with E-state index in [0.29, 0.717) is 41.9 Å².